The first-order valence-corrected chi connectivity index (χ1v) is 5.84. The van der Waals surface area contributed by atoms with Crippen LogP contribution < -0.4 is 5.73 Å². The minimum atomic E-state index is -0.175. The number of hydrogen-bond donors (Lipinski definition) is 1. The molecule has 0 aromatic carbocycles. The Morgan fingerprint density at radius 1 is 1.60 bits per heavy atom. The monoisotopic (exact) mass is 241 g/mol. The van der Waals surface area contributed by atoms with Crippen LogP contribution in [0.15, 0.2) is 17.6 Å². The van der Waals surface area contributed by atoms with E-state index in [2.05, 4.69) is 5.10 Å². The molecule has 2 N–H and O–H groups in total. The minimum Gasteiger partial charge on any atom is -0.319 e. The third-order valence-corrected chi connectivity index (χ3v) is 3.76. The minimum absolute atomic E-state index is 0.175. The Kier molecular flexibility index (Phi) is 2.82. The van der Waals surface area contributed by atoms with Gasteiger partial charge in [0.25, 0.3) is 0 Å². The molecule has 2 aromatic rings. The number of nitrogens with zero attached hydrogens (tertiary/aromatic N) is 2. The highest BCUT2D eigenvalue weighted by molar-refractivity contribution is 7.10. The predicted octanol–water partition coefficient (Wildman–Crippen LogP) is 2.49. The molecule has 2 rings (SSSR count). The Hall–Kier alpha value is -0.840. The first-order chi connectivity index (χ1) is 7.09. The number of thiophene rings is 1. The third-order valence-electron chi connectivity index (χ3n) is 2.31. The molecule has 2 heterocycles. The van der Waals surface area contributed by atoms with Crippen molar-refractivity contribution >= 4 is 22.9 Å². The van der Waals surface area contributed by atoms with Gasteiger partial charge in [0.15, 0.2) is 0 Å². The smallest absolute Gasteiger partial charge is 0.0694 e. The summed E-state index contributed by atoms with van der Waals surface area (Å²) in [6.45, 7) is 1.96. The molecule has 0 aliphatic heterocycles. The van der Waals surface area contributed by atoms with E-state index in [1.807, 2.05) is 31.6 Å². The fourth-order valence-corrected chi connectivity index (χ4v) is 2.79. The Balaban J connectivity index is 2.40. The maximum atomic E-state index is 6.15. The van der Waals surface area contributed by atoms with Gasteiger partial charge < -0.3 is 5.73 Å². The summed E-state index contributed by atoms with van der Waals surface area (Å²) in [4.78, 5) is 0.993. The topological polar surface area (TPSA) is 43.8 Å². The summed E-state index contributed by atoms with van der Waals surface area (Å²) in [5.74, 6) is 0. The van der Waals surface area contributed by atoms with E-state index in [1.165, 1.54) is 0 Å². The van der Waals surface area contributed by atoms with Gasteiger partial charge in [0, 0.05) is 23.7 Å². The quantitative estimate of drug-likeness (QED) is 0.878. The molecule has 15 heavy (non-hydrogen) atoms. The van der Waals surface area contributed by atoms with Crippen molar-refractivity contribution in [1.82, 2.24) is 9.78 Å². The van der Waals surface area contributed by atoms with E-state index in [0.717, 1.165) is 21.2 Å². The predicted molar refractivity (Wildman–Crippen MR) is 63.3 cm³/mol. The maximum absolute atomic E-state index is 6.15. The van der Waals surface area contributed by atoms with Gasteiger partial charge in [-0.1, -0.05) is 11.6 Å². The summed E-state index contributed by atoms with van der Waals surface area (Å²) >= 11 is 7.62. The largest absolute Gasteiger partial charge is 0.319 e. The lowest BCUT2D eigenvalue weighted by Gasteiger charge is -2.08. The molecular formula is C10H12ClN3S. The van der Waals surface area contributed by atoms with Gasteiger partial charge >= 0.3 is 0 Å². The molecule has 0 saturated heterocycles. The molecular weight excluding hydrogens is 230 g/mol. The first kappa shape index (κ1) is 10.7. The number of rotatable bonds is 2. The molecule has 1 unspecified atom stereocenters. The molecule has 5 heteroatoms. The Morgan fingerprint density at radius 2 is 2.33 bits per heavy atom. The normalized spacial score (nSPS) is 13.1. The van der Waals surface area contributed by atoms with Crippen LogP contribution in [0.2, 0.25) is 5.02 Å². The zero-order valence-electron chi connectivity index (χ0n) is 8.57. The summed E-state index contributed by atoms with van der Waals surface area (Å²) in [7, 11) is 1.89. The van der Waals surface area contributed by atoms with Crippen molar-refractivity contribution in [2.75, 3.05) is 0 Å². The van der Waals surface area contributed by atoms with Crippen molar-refractivity contribution in [1.29, 1.82) is 0 Å². The van der Waals surface area contributed by atoms with E-state index in [0.29, 0.717) is 0 Å². The summed E-state index contributed by atoms with van der Waals surface area (Å²) in [6.07, 6.45) is 1.94. The summed E-state index contributed by atoms with van der Waals surface area (Å²) < 4.78 is 1.77. The molecule has 0 aliphatic carbocycles. The molecule has 3 nitrogen and oxygen atoms in total. The molecule has 80 valence electrons. The molecule has 0 aliphatic rings. The number of hydrogen-bond acceptors (Lipinski definition) is 3. The van der Waals surface area contributed by atoms with Gasteiger partial charge in [0.2, 0.25) is 0 Å². The van der Waals surface area contributed by atoms with Crippen molar-refractivity contribution in [3.8, 4) is 0 Å². The maximum Gasteiger partial charge on any atom is 0.0694 e. The molecule has 0 saturated carbocycles. The van der Waals surface area contributed by atoms with Crippen LogP contribution in [0.25, 0.3) is 0 Å². The first-order valence-electron chi connectivity index (χ1n) is 4.58. The van der Waals surface area contributed by atoms with Crippen molar-refractivity contribution < 1.29 is 0 Å². The van der Waals surface area contributed by atoms with E-state index in [4.69, 9.17) is 17.3 Å². The van der Waals surface area contributed by atoms with Crippen LogP contribution in [0.5, 0.6) is 0 Å². The van der Waals surface area contributed by atoms with Crippen LogP contribution in [-0.4, -0.2) is 9.78 Å². The van der Waals surface area contributed by atoms with E-state index in [9.17, 15) is 0 Å². The molecule has 0 bridgehead atoms. The Labute approximate surface area is 97.5 Å². The van der Waals surface area contributed by atoms with Crippen molar-refractivity contribution in [2.45, 2.75) is 13.0 Å². The van der Waals surface area contributed by atoms with Crippen LogP contribution in [0, 0.1) is 6.92 Å². The van der Waals surface area contributed by atoms with E-state index < -0.39 is 0 Å². The summed E-state index contributed by atoms with van der Waals surface area (Å²) in [6, 6.07) is 1.69. The zero-order chi connectivity index (χ0) is 11.0. The van der Waals surface area contributed by atoms with Gasteiger partial charge in [-0.25, -0.2) is 0 Å². The molecule has 0 fully saturated rings. The van der Waals surface area contributed by atoms with Crippen LogP contribution in [-0.2, 0) is 7.05 Å². The van der Waals surface area contributed by atoms with E-state index in [-0.39, 0.29) is 6.04 Å². The van der Waals surface area contributed by atoms with Crippen LogP contribution in [0.3, 0.4) is 0 Å². The fourth-order valence-electron chi connectivity index (χ4n) is 1.59. The fraction of sp³-hybridized carbons (Fsp3) is 0.300. The molecule has 0 amide bonds. The molecule has 1 atom stereocenters. The van der Waals surface area contributed by atoms with Gasteiger partial charge in [-0.3, -0.25) is 4.68 Å². The lowest BCUT2D eigenvalue weighted by Crippen LogP contribution is -2.11. The zero-order valence-corrected chi connectivity index (χ0v) is 10.1. The second kappa shape index (κ2) is 3.96. The molecule has 2 aromatic heterocycles. The van der Waals surface area contributed by atoms with E-state index in [1.54, 1.807) is 16.0 Å². The van der Waals surface area contributed by atoms with Crippen LogP contribution in [0.1, 0.15) is 22.2 Å². The Morgan fingerprint density at radius 3 is 2.80 bits per heavy atom. The van der Waals surface area contributed by atoms with Crippen molar-refractivity contribution in [2.24, 2.45) is 12.8 Å². The highest BCUT2D eigenvalue weighted by Gasteiger charge is 2.17. The number of halogens is 1. The highest BCUT2D eigenvalue weighted by atomic mass is 35.5. The second-order valence-electron chi connectivity index (χ2n) is 3.45. The average Bonchev–Trinajstić information content (AvgIpc) is 2.71. The van der Waals surface area contributed by atoms with Gasteiger partial charge in [-0.15, -0.1) is 11.3 Å². The standard InChI is InChI=1S/C10H12ClN3S/c1-6-7(5-14(2)13-6)9(12)10-8(11)3-4-15-10/h3-5,9H,12H2,1-2H3. The average molecular weight is 242 g/mol. The SMILES string of the molecule is Cc1nn(C)cc1C(N)c1sccc1Cl. The molecule has 0 radical (unpaired) electrons. The number of nitrogens with two attached hydrogens (primary N) is 1. The van der Waals surface area contributed by atoms with Gasteiger partial charge in [0.05, 0.1) is 16.8 Å². The van der Waals surface area contributed by atoms with Gasteiger partial charge in [0.1, 0.15) is 0 Å². The van der Waals surface area contributed by atoms with Crippen LogP contribution in [0.4, 0.5) is 0 Å². The Bertz CT molecular complexity index is 475. The second-order valence-corrected chi connectivity index (χ2v) is 4.81. The lowest BCUT2D eigenvalue weighted by atomic mass is 10.1. The lowest BCUT2D eigenvalue weighted by molar-refractivity contribution is 0.756. The molecule has 0 spiro atoms. The van der Waals surface area contributed by atoms with Gasteiger partial charge in [-0.05, 0) is 18.4 Å². The number of aryl methyl sites for hydroxylation is 2. The van der Waals surface area contributed by atoms with E-state index >= 15 is 0 Å². The van der Waals surface area contributed by atoms with Crippen molar-refractivity contribution in [3.63, 3.8) is 0 Å². The van der Waals surface area contributed by atoms with Gasteiger partial charge in [-0.2, -0.15) is 5.10 Å². The number of aromatic nitrogens is 2. The summed E-state index contributed by atoms with van der Waals surface area (Å²) in [5, 5.41) is 6.95. The summed E-state index contributed by atoms with van der Waals surface area (Å²) in [5.41, 5.74) is 8.13. The van der Waals surface area contributed by atoms with Crippen molar-refractivity contribution in [3.05, 3.63) is 38.8 Å². The third kappa shape index (κ3) is 1.93. The highest BCUT2D eigenvalue weighted by Crippen LogP contribution is 2.32. The van der Waals surface area contributed by atoms with Crippen LogP contribution >= 0.6 is 22.9 Å².